The van der Waals surface area contributed by atoms with Crippen LogP contribution in [0.5, 0.6) is 0 Å². The Morgan fingerprint density at radius 3 is 2.28 bits per heavy atom. The number of carbonyl (C=O) groups is 1. The number of alkyl halides is 3. The predicted octanol–water partition coefficient (Wildman–Crippen LogP) is 3.65. The van der Waals surface area contributed by atoms with Gasteiger partial charge in [-0.2, -0.15) is 13.2 Å². The second kappa shape index (κ2) is 6.36. The zero-order valence-corrected chi connectivity index (χ0v) is 13.4. The zero-order chi connectivity index (χ0) is 19.0. The third-order valence-corrected chi connectivity index (χ3v) is 4.68. The van der Waals surface area contributed by atoms with Crippen LogP contribution in [0.3, 0.4) is 0 Å². The molecule has 0 bridgehead atoms. The van der Waals surface area contributed by atoms with Gasteiger partial charge in [0.2, 0.25) is 0 Å². The van der Waals surface area contributed by atoms with Crippen LogP contribution in [0.2, 0.25) is 0 Å². The summed E-state index contributed by atoms with van der Waals surface area (Å²) >= 11 is 0. The summed E-state index contributed by atoms with van der Waals surface area (Å²) in [5, 5.41) is 8.74. The van der Waals surface area contributed by atoms with Crippen LogP contribution in [-0.2, 0) is 16.2 Å². The second-order valence-corrected chi connectivity index (χ2v) is 6.73. The van der Waals surface area contributed by atoms with E-state index in [4.69, 9.17) is 5.11 Å². The summed E-state index contributed by atoms with van der Waals surface area (Å²) < 4.78 is 78.5. The maximum absolute atomic E-state index is 13.9. The van der Waals surface area contributed by atoms with Gasteiger partial charge in [0.05, 0.1) is 16.8 Å². The van der Waals surface area contributed by atoms with Gasteiger partial charge in [-0.25, -0.2) is 17.6 Å². The first kappa shape index (κ1) is 18.7. The van der Waals surface area contributed by atoms with E-state index in [0.717, 1.165) is 24.3 Å². The fourth-order valence-corrected chi connectivity index (χ4v) is 3.14. The van der Waals surface area contributed by atoms with Crippen LogP contribution >= 0.6 is 0 Å². The Hall–Kier alpha value is -2.62. The molecule has 0 aliphatic carbocycles. The van der Waals surface area contributed by atoms with E-state index >= 15 is 0 Å². The van der Waals surface area contributed by atoms with Crippen molar-refractivity contribution >= 4 is 21.7 Å². The van der Waals surface area contributed by atoms with Gasteiger partial charge in [-0.15, -0.1) is 0 Å². The molecule has 2 N–H and O–H groups in total. The molecular weight excluding hydrogens is 366 g/mol. The Morgan fingerprint density at radius 2 is 1.76 bits per heavy atom. The molecule has 0 amide bonds. The van der Waals surface area contributed by atoms with Crippen molar-refractivity contribution in [3.05, 3.63) is 58.9 Å². The maximum Gasteiger partial charge on any atom is 0.416 e. The van der Waals surface area contributed by atoms with E-state index in [1.54, 1.807) is 0 Å². The molecule has 0 saturated heterocycles. The highest BCUT2D eigenvalue weighted by atomic mass is 32.2. The fraction of sp³-hybridized carbons (Fsp3) is 0.133. The van der Waals surface area contributed by atoms with Crippen LogP contribution < -0.4 is 4.72 Å². The van der Waals surface area contributed by atoms with Crippen molar-refractivity contribution in [3.63, 3.8) is 0 Å². The molecule has 5 nitrogen and oxygen atoms in total. The average molecular weight is 377 g/mol. The number of aryl methyl sites for hydroxylation is 1. The number of halogens is 4. The van der Waals surface area contributed by atoms with Gasteiger partial charge in [-0.3, -0.25) is 4.72 Å². The normalized spacial score (nSPS) is 12.0. The van der Waals surface area contributed by atoms with E-state index in [1.807, 2.05) is 4.72 Å². The van der Waals surface area contributed by atoms with Crippen molar-refractivity contribution in [1.82, 2.24) is 0 Å². The summed E-state index contributed by atoms with van der Waals surface area (Å²) in [5.74, 6) is -2.79. The minimum Gasteiger partial charge on any atom is -0.478 e. The lowest BCUT2D eigenvalue weighted by Gasteiger charge is -2.14. The number of nitrogens with one attached hydrogen (secondary N) is 1. The summed E-state index contributed by atoms with van der Waals surface area (Å²) in [6, 6.07) is 4.56. The number of carboxylic acid groups (broad SMARTS) is 1. The Morgan fingerprint density at radius 1 is 1.12 bits per heavy atom. The van der Waals surface area contributed by atoms with E-state index in [9.17, 15) is 30.8 Å². The average Bonchev–Trinajstić information content (AvgIpc) is 2.47. The van der Waals surface area contributed by atoms with Crippen molar-refractivity contribution in [2.45, 2.75) is 18.0 Å². The Kier molecular flexibility index (Phi) is 4.76. The molecule has 10 heteroatoms. The Labute approximate surface area is 140 Å². The number of anilines is 1. The first-order chi connectivity index (χ1) is 11.4. The highest BCUT2D eigenvalue weighted by Crippen LogP contribution is 2.33. The lowest BCUT2D eigenvalue weighted by atomic mass is 10.1. The van der Waals surface area contributed by atoms with Gasteiger partial charge in [0.15, 0.2) is 0 Å². The standard InChI is InChI=1S/C15H11F4NO4S/c1-8-2-4-10(15(17,18)19)7-12(8)20-25(23,24)13-5-3-9(14(21)22)6-11(13)16/h2-7,20H,1H3,(H,21,22). The summed E-state index contributed by atoms with van der Waals surface area (Å²) in [5.41, 5.74) is -1.71. The van der Waals surface area contributed by atoms with Gasteiger partial charge in [0, 0.05) is 0 Å². The molecule has 0 fully saturated rings. The predicted molar refractivity (Wildman–Crippen MR) is 80.3 cm³/mol. The first-order valence-corrected chi connectivity index (χ1v) is 8.13. The minimum absolute atomic E-state index is 0.194. The number of hydrogen-bond acceptors (Lipinski definition) is 3. The Balaban J connectivity index is 2.45. The minimum atomic E-state index is -4.68. The van der Waals surface area contributed by atoms with Crippen LogP contribution in [0.15, 0.2) is 41.3 Å². The van der Waals surface area contributed by atoms with Gasteiger partial charge >= 0.3 is 12.1 Å². The molecule has 0 radical (unpaired) electrons. The Bertz CT molecular complexity index is 939. The van der Waals surface area contributed by atoms with Gasteiger partial charge in [-0.05, 0) is 42.8 Å². The number of carboxylic acids is 1. The fourth-order valence-electron chi connectivity index (χ4n) is 1.96. The molecule has 0 aliphatic heterocycles. The van der Waals surface area contributed by atoms with E-state index in [0.29, 0.717) is 12.1 Å². The molecule has 134 valence electrons. The molecule has 0 aromatic heterocycles. The molecular formula is C15H11F4NO4S. The summed E-state index contributed by atoms with van der Waals surface area (Å²) in [6.07, 6.45) is -4.68. The number of aromatic carboxylic acids is 1. The topological polar surface area (TPSA) is 83.5 Å². The number of sulfonamides is 1. The van der Waals surface area contributed by atoms with E-state index in [2.05, 4.69) is 0 Å². The smallest absolute Gasteiger partial charge is 0.416 e. The highest BCUT2D eigenvalue weighted by Gasteiger charge is 2.31. The first-order valence-electron chi connectivity index (χ1n) is 6.65. The molecule has 2 aromatic rings. The van der Waals surface area contributed by atoms with Gasteiger partial charge in [0.1, 0.15) is 10.7 Å². The molecule has 0 unspecified atom stereocenters. The third-order valence-electron chi connectivity index (χ3n) is 3.28. The monoisotopic (exact) mass is 377 g/mol. The van der Waals surface area contributed by atoms with Crippen LogP contribution in [-0.4, -0.2) is 19.5 Å². The summed E-state index contributed by atoms with van der Waals surface area (Å²) in [4.78, 5) is 9.86. The SMILES string of the molecule is Cc1ccc(C(F)(F)F)cc1NS(=O)(=O)c1ccc(C(=O)O)cc1F. The second-order valence-electron chi connectivity index (χ2n) is 5.08. The summed E-state index contributed by atoms with van der Waals surface area (Å²) in [7, 11) is -4.56. The molecule has 25 heavy (non-hydrogen) atoms. The molecule has 0 atom stereocenters. The number of hydrogen-bond donors (Lipinski definition) is 2. The van der Waals surface area contributed by atoms with Crippen LogP contribution in [0, 0.1) is 12.7 Å². The molecule has 0 aliphatic rings. The van der Waals surface area contributed by atoms with Crippen molar-refractivity contribution in [2.75, 3.05) is 4.72 Å². The molecule has 0 heterocycles. The van der Waals surface area contributed by atoms with Crippen molar-refractivity contribution < 1.29 is 35.9 Å². The number of benzene rings is 2. The van der Waals surface area contributed by atoms with Gasteiger partial charge in [0.25, 0.3) is 10.0 Å². The number of rotatable bonds is 4. The lowest BCUT2D eigenvalue weighted by Crippen LogP contribution is -2.17. The zero-order valence-electron chi connectivity index (χ0n) is 12.6. The maximum atomic E-state index is 13.9. The highest BCUT2D eigenvalue weighted by molar-refractivity contribution is 7.92. The molecule has 0 spiro atoms. The molecule has 0 saturated carbocycles. The van der Waals surface area contributed by atoms with Crippen LogP contribution in [0.25, 0.3) is 0 Å². The lowest BCUT2D eigenvalue weighted by molar-refractivity contribution is -0.137. The quantitative estimate of drug-likeness (QED) is 0.797. The van der Waals surface area contributed by atoms with Gasteiger partial charge < -0.3 is 5.11 Å². The molecule has 2 aromatic carbocycles. The molecule has 2 rings (SSSR count). The van der Waals surface area contributed by atoms with Gasteiger partial charge in [-0.1, -0.05) is 6.07 Å². The van der Waals surface area contributed by atoms with E-state index in [1.165, 1.54) is 6.92 Å². The van der Waals surface area contributed by atoms with Crippen molar-refractivity contribution in [1.29, 1.82) is 0 Å². The van der Waals surface area contributed by atoms with Crippen molar-refractivity contribution in [3.8, 4) is 0 Å². The largest absolute Gasteiger partial charge is 0.478 e. The van der Waals surface area contributed by atoms with E-state index < -0.39 is 44.0 Å². The van der Waals surface area contributed by atoms with Crippen LogP contribution in [0.4, 0.5) is 23.2 Å². The third kappa shape index (κ3) is 4.08. The van der Waals surface area contributed by atoms with Crippen molar-refractivity contribution in [2.24, 2.45) is 0 Å². The summed E-state index contributed by atoms with van der Waals surface area (Å²) in [6.45, 7) is 1.38. The van der Waals surface area contributed by atoms with E-state index in [-0.39, 0.29) is 11.3 Å². The van der Waals surface area contributed by atoms with Crippen LogP contribution in [0.1, 0.15) is 21.5 Å².